The van der Waals surface area contributed by atoms with Gasteiger partial charge in [-0.1, -0.05) is 12.1 Å². The molecule has 0 saturated heterocycles. The molecule has 0 aliphatic rings. The van der Waals surface area contributed by atoms with E-state index < -0.39 is 10.9 Å². The zero-order valence-corrected chi connectivity index (χ0v) is 14.6. The molecule has 1 N–H and O–H groups in total. The van der Waals surface area contributed by atoms with Gasteiger partial charge >= 0.3 is 5.97 Å². The molecule has 8 nitrogen and oxygen atoms in total. The highest BCUT2D eigenvalue weighted by molar-refractivity contribution is 7.20. The molecule has 0 bridgehead atoms. The number of hydrogen-bond acceptors (Lipinski definition) is 7. The van der Waals surface area contributed by atoms with E-state index >= 15 is 0 Å². The van der Waals surface area contributed by atoms with Crippen LogP contribution in [0.1, 0.15) is 26.6 Å². The van der Waals surface area contributed by atoms with E-state index in [1.165, 1.54) is 25.3 Å². The van der Waals surface area contributed by atoms with E-state index in [9.17, 15) is 19.7 Å². The van der Waals surface area contributed by atoms with Gasteiger partial charge in [-0.05, 0) is 30.7 Å². The minimum Gasteiger partial charge on any atom is -0.465 e. The van der Waals surface area contributed by atoms with E-state index in [2.05, 4.69) is 9.97 Å². The maximum Gasteiger partial charge on any atom is 0.348 e. The second kappa shape index (κ2) is 6.89. The molecule has 0 spiro atoms. The number of esters is 1. The number of ether oxygens (including phenoxy) is 1. The first kappa shape index (κ1) is 17.5. The first-order valence-corrected chi connectivity index (χ1v) is 8.27. The van der Waals surface area contributed by atoms with Gasteiger partial charge in [-0.3, -0.25) is 14.9 Å². The van der Waals surface area contributed by atoms with E-state index in [1.807, 2.05) is 0 Å². The summed E-state index contributed by atoms with van der Waals surface area (Å²) in [7, 11) is 1.27. The minimum absolute atomic E-state index is 0.0490. The average Bonchev–Trinajstić information content (AvgIpc) is 2.96. The number of aromatic nitrogens is 2. The number of hydrogen-bond donors (Lipinski definition) is 1. The second-order valence-electron chi connectivity index (χ2n) is 5.33. The summed E-state index contributed by atoms with van der Waals surface area (Å²) in [5, 5.41) is 11.4. The van der Waals surface area contributed by atoms with E-state index in [-0.39, 0.29) is 17.1 Å². The van der Waals surface area contributed by atoms with Crippen LogP contribution in [0.2, 0.25) is 0 Å². The van der Waals surface area contributed by atoms with Crippen molar-refractivity contribution in [2.24, 2.45) is 0 Å². The molecule has 1 aromatic carbocycles. The lowest BCUT2D eigenvalue weighted by molar-refractivity contribution is -0.385. The Kier molecular flexibility index (Phi) is 4.63. The molecule has 0 aliphatic carbocycles. The summed E-state index contributed by atoms with van der Waals surface area (Å²) in [6.07, 6.45) is 2.99. The molecule has 0 saturated carbocycles. The van der Waals surface area contributed by atoms with Crippen LogP contribution in [0.25, 0.3) is 22.4 Å². The molecule has 132 valence electrons. The van der Waals surface area contributed by atoms with Gasteiger partial charge in [0.15, 0.2) is 0 Å². The fourth-order valence-electron chi connectivity index (χ4n) is 2.49. The van der Waals surface area contributed by atoms with Crippen molar-refractivity contribution in [3.8, 4) is 0 Å². The maximum absolute atomic E-state index is 12.3. The molecule has 3 rings (SSSR count). The van der Waals surface area contributed by atoms with Crippen LogP contribution in [0.15, 0.2) is 29.1 Å². The summed E-state index contributed by atoms with van der Waals surface area (Å²) in [5.74, 6) is -0.291. The number of para-hydroxylation sites is 1. The fraction of sp³-hybridized carbons (Fsp3) is 0.118. The molecule has 2 heterocycles. The number of carbonyl (C=O) groups is 1. The lowest BCUT2D eigenvalue weighted by atomic mass is 10.1. The van der Waals surface area contributed by atoms with Crippen molar-refractivity contribution in [2.75, 3.05) is 7.11 Å². The molecule has 2 aromatic heterocycles. The van der Waals surface area contributed by atoms with Gasteiger partial charge in [0.1, 0.15) is 15.5 Å². The number of nitro groups is 1. The SMILES string of the molecule is COC(=O)c1sc2nc(/C=C/c3ccccc3[N+](=O)[O-])[nH]c(=O)c2c1C. The lowest BCUT2D eigenvalue weighted by Gasteiger charge is -1.98. The summed E-state index contributed by atoms with van der Waals surface area (Å²) >= 11 is 1.07. The van der Waals surface area contributed by atoms with Crippen LogP contribution in [0, 0.1) is 17.0 Å². The van der Waals surface area contributed by atoms with Crippen LogP contribution >= 0.6 is 11.3 Å². The minimum atomic E-state index is -0.526. The van der Waals surface area contributed by atoms with E-state index in [0.29, 0.717) is 26.2 Å². The van der Waals surface area contributed by atoms with Crippen molar-refractivity contribution in [3.63, 3.8) is 0 Å². The Bertz CT molecular complexity index is 1110. The molecule has 0 aliphatic heterocycles. The zero-order chi connectivity index (χ0) is 18.8. The molecule has 26 heavy (non-hydrogen) atoms. The van der Waals surface area contributed by atoms with Crippen LogP contribution in [-0.4, -0.2) is 28.0 Å². The number of nitro benzene ring substituents is 1. The van der Waals surface area contributed by atoms with Gasteiger partial charge in [-0.25, -0.2) is 9.78 Å². The first-order valence-electron chi connectivity index (χ1n) is 7.45. The van der Waals surface area contributed by atoms with Crippen LogP contribution in [0.4, 0.5) is 5.69 Å². The molecular formula is C17H13N3O5S. The number of methoxy groups -OCH3 is 1. The molecule has 0 amide bonds. The number of benzene rings is 1. The Morgan fingerprint density at radius 1 is 1.35 bits per heavy atom. The third-order valence-corrected chi connectivity index (χ3v) is 4.91. The molecule has 9 heteroatoms. The standard InChI is InChI=1S/C17H13N3O5S/c1-9-13-15(21)18-12(19-16(13)26-14(9)17(22)25-2)8-7-10-5-3-4-6-11(10)20(23)24/h3-8H,1-2H3,(H,18,19,21)/b8-7+. The van der Waals surface area contributed by atoms with Crippen molar-refractivity contribution < 1.29 is 14.5 Å². The van der Waals surface area contributed by atoms with Gasteiger partial charge in [0, 0.05) is 6.07 Å². The molecule has 0 unspecified atom stereocenters. The quantitative estimate of drug-likeness (QED) is 0.428. The summed E-state index contributed by atoms with van der Waals surface area (Å²) < 4.78 is 4.71. The summed E-state index contributed by atoms with van der Waals surface area (Å²) in [6, 6.07) is 6.24. The zero-order valence-electron chi connectivity index (χ0n) is 13.8. The smallest absolute Gasteiger partial charge is 0.348 e. The number of nitrogens with one attached hydrogen (secondary N) is 1. The van der Waals surface area contributed by atoms with Crippen molar-refractivity contribution in [3.05, 3.63) is 66.6 Å². The third-order valence-electron chi connectivity index (χ3n) is 3.74. The van der Waals surface area contributed by atoms with Gasteiger partial charge in [0.05, 0.1) is 23.0 Å². The van der Waals surface area contributed by atoms with Crippen LogP contribution in [0.5, 0.6) is 0 Å². The van der Waals surface area contributed by atoms with E-state index in [1.54, 1.807) is 25.1 Å². The number of fused-ring (bicyclic) bond motifs is 1. The highest BCUT2D eigenvalue weighted by Crippen LogP contribution is 2.28. The molecular weight excluding hydrogens is 358 g/mol. The topological polar surface area (TPSA) is 115 Å². The molecule has 0 radical (unpaired) electrons. The number of H-pyrrole nitrogens is 1. The Hall–Kier alpha value is -3.33. The predicted octanol–water partition coefficient (Wildman–Crippen LogP) is 3.16. The Morgan fingerprint density at radius 3 is 2.77 bits per heavy atom. The van der Waals surface area contributed by atoms with Crippen LogP contribution in [0.3, 0.4) is 0 Å². The molecule has 0 fully saturated rings. The average molecular weight is 371 g/mol. The monoisotopic (exact) mass is 371 g/mol. The van der Waals surface area contributed by atoms with Crippen molar-refractivity contribution >= 4 is 45.4 Å². The highest BCUT2D eigenvalue weighted by Gasteiger charge is 2.19. The molecule has 3 aromatic rings. The van der Waals surface area contributed by atoms with Gasteiger partial charge in [-0.2, -0.15) is 0 Å². The fourth-order valence-corrected chi connectivity index (χ4v) is 3.60. The number of aryl methyl sites for hydroxylation is 1. The summed E-state index contributed by atoms with van der Waals surface area (Å²) in [4.78, 5) is 42.4. The number of thiophene rings is 1. The Balaban J connectivity index is 2.06. The number of nitrogens with zero attached hydrogens (tertiary/aromatic N) is 2. The molecule has 0 atom stereocenters. The summed E-state index contributed by atoms with van der Waals surface area (Å²) in [6.45, 7) is 1.66. The van der Waals surface area contributed by atoms with Crippen LogP contribution < -0.4 is 5.56 Å². The predicted molar refractivity (Wildman–Crippen MR) is 98.3 cm³/mol. The first-order chi connectivity index (χ1) is 12.4. The van der Waals surface area contributed by atoms with Gasteiger partial charge in [-0.15, -0.1) is 11.3 Å². The van der Waals surface area contributed by atoms with Crippen molar-refractivity contribution in [1.82, 2.24) is 9.97 Å². The van der Waals surface area contributed by atoms with Crippen molar-refractivity contribution in [1.29, 1.82) is 0 Å². The number of carbonyl (C=O) groups excluding carboxylic acids is 1. The maximum atomic E-state index is 12.3. The third kappa shape index (κ3) is 3.11. The summed E-state index contributed by atoms with van der Waals surface area (Å²) in [5.41, 5.74) is 0.464. The Morgan fingerprint density at radius 2 is 2.08 bits per heavy atom. The second-order valence-corrected chi connectivity index (χ2v) is 6.33. The van der Waals surface area contributed by atoms with E-state index in [0.717, 1.165) is 11.3 Å². The van der Waals surface area contributed by atoms with Gasteiger partial charge in [0.2, 0.25) is 0 Å². The number of aromatic amines is 1. The Labute approximate surface area is 150 Å². The van der Waals surface area contributed by atoms with Crippen molar-refractivity contribution in [2.45, 2.75) is 6.92 Å². The number of rotatable bonds is 4. The van der Waals surface area contributed by atoms with Gasteiger partial charge < -0.3 is 9.72 Å². The van der Waals surface area contributed by atoms with Crippen LogP contribution in [-0.2, 0) is 4.74 Å². The normalized spacial score (nSPS) is 11.2. The lowest BCUT2D eigenvalue weighted by Crippen LogP contribution is -2.09. The van der Waals surface area contributed by atoms with Gasteiger partial charge in [0.25, 0.3) is 11.2 Å². The van der Waals surface area contributed by atoms with E-state index in [4.69, 9.17) is 4.74 Å². The highest BCUT2D eigenvalue weighted by atomic mass is 32.1. The largest absolute Gasteiger partial charge is 0.465 e.